The standard InChI is InChI=1S/C36H32ClNO3/c1-40-29-15-17-30(24-8-13-28(37)14-9-24)33(22-29)35-19-12-26-20-25(11-18-34(26)38-35)31-16-10-27(36(39)41-2)21-32(31)23-6-4-3-5-7-23/h8-23H,3-7H2,1-2H3. The summed E-state index contributed by atoms with van der Waals surface area (Å²) in [5, 5.41) is 1.77. The molecule has 0 spiro atoms. The Balaban J connectivity index is 1.41. The highest BCUT2D eigenvalue weighted by molar-refractivity contribution is 6.30. The van der Waals surface area contributed by atoms with Crippen molar-refractivity contribution < 1.29 is 14.3 Å². The van der Waals surface area contributed by atoms with E-state index < -0.39 is 0 Å². The maximum Gasteiger partial charge on any atom is 0.337 e. The monoisotopic (exact) mass is 561 g/mol. The molecule has 0 unspecified atom stereocenters. The van der Waals surface area contributed by atoms with Crippen molar-refractivity contribution in [1.82, 2.24) is 4.98 Å². The molecular weight excluding hydrogens is 530 g/mol. The van der Waals surface area contributed by atoms with Crippen LogP contribution in [-0.2, 0) is 4.74 Å². The Kier molecular flexibility index (Phi) is 7.76. The number of pyridine rings is 1. The van der Waals surface area contributed by atoms with Crippen molar-refractivity contribution in [2.45, 2.75) is 38.0 Å². The van der Waals surface area contributed by atoms with Gasteiger partial charge in [-0.25, -0.2) is 9.78 Å². The smallest absolute Gasteiger partial charge is 0.337 e. The van der Waals surface area contributed by atoms with Crippen molar-refractivity contribution in [2.75, 3.05) is 14.2 Å². The van der Waals surface area contributed by atoms with Gasteiger partial charge in [-0.2, -0.15) is 0 Å². The summed E-state index contributed by atoms with van der Waals surface area (Å²) in [6.45, 7) is 0. The lowest BCUT2D eigenvalue weighted by Gasteiger charge is -2.25. The van der Waals surface area contributed by atoms with E-state index in [1.807, 2.05) is 48.5 Å². The Morgan fingerprint density at radius 2 is 1.51 bits per heavy atom. The number of hydrogen-bond donors (Lipinski definition) is 0. The third-order valence-electron chi connectivity index (χ3n) is 8.18. The highest BCUT2D eigenvalue weighted by Gasteiger charge is 2.21. The van der Waals surface area contributed by atoms with Gasteiger partial charge in [0.25, 0.3) is 0 Å². The second kappa shape index (κ2) is 11.8. The third-order valence-corrected chi connectivity index (χ3v) is 8.43. The molecule has 1 aromatic heterocycles. The van der Waals surface area contributed by atoms with E-state index >= 15 is 0 Å². The highest BCUT2D eigenvalue weighted by Crippen LogP contribution is 2.40. The SMILES string of the molecule is COC(=O)c1ccc(-c2ccc3nc(-c4cc(OC)ccc4-c4ccc(Cl)cc4)ccc3c2)c(C2CCCCC2)c1. The quantitative estimate of drug-likeness (QED) is 0.194. The van der Waals surface area contributed by atoms with Gasteiger partial charge in [0.05, 0.1) is 31.0 Å². The molecule has 0 N–H and O–H groups in total. The van der Waals surface area contributed by atoms with E-state index in [0.29, 0.717) is 16.5 Å². The molecule has 0 aliphatic heterocycles. The summed E-state index contributed by atoms with van der Waals surface area (Å²) in [4.78, 5) is 17.4. The van der Waals surface area contributed by atoms with Gasteiger partial charge in [0.15, 0.2) is 0 Å². The van der Waals surface area contributed by atoms with Crippen molar-refractivity contribution in [1.29, 1.82) is 0 Å². The molecule has 0 radical (unpaired) electrons. The number of methoxy groups -OCH3 is 2. The lowest BCUT2D eigenvalue weighted by molar-refractivity contribution is 0.0600. The number of benzene rings is 4. The molecule has 0 bridgehead atoms. The zero-order valence-corrected chi connectivity index (χ0v) is 24.1. The summed E-state index contributed by atoms with van der Waals surface area (Å²) in [5.41, 5.74) is 9.07. The molecule has 1 heterocycles. The second-order valence-electron chi connectivity index (χ2n) is 10.7. The Labute approximate surface area is 245 Å². The molecule has 1 aliphatic carbocycles. The lowest BCUT2D eigenvalue weighted by Crippen LogP contribution is -2.09. The van der Waals surface area contributed by atoms with Crippen LogP contribution in [0.15, 0.2) is 91.0 Å². The normalized spacial score (nSPS) is 13.7. The molecule has 1 aliphatic rings. The fourth-order valence-corrected chi connectivity index (χ4v) is 6.13. The summed E-state index contributed by atoms with van der Waals surface area (Å²) in [6.07, 6.45) is 6.01. The minimum atomic E-state index is -0.292. The number of ether oxygens (including phenoxy) is 2. The Bertz CT molecular complexity index is 1720. The van der Waals surface area contributed by atoms with Gasteiger partial charge in [-0.05, 0) is 101 Å². The molecule has 41 heavy (non-hydrogen) atoms. The predicted octanol–water partition coefficient (Wildman–Crippen LogP) is 9.73. The van der Waals surface area contributed by atoms with Gasteiger partial charge in [0, 0.05) is 16.0 Å². The average molecular weight is 562 g/mol. The van der Waals surface area contributed by atoms with Gasteiger partial charge in [-0.1, -0.05) is 67.3 Å². The van der Waals surface area contributed by atoms with E-state index in [1.54, 1.807) is 7.11 Å². The van der Waals surface area contributed by atoms with Crippen LogP contribution >= 0.6 is 11.6 Å². The molecule has 0 amide bonds. The van der Waals surface area contributed by atoms with Crippen molar-refractivity contribution in [2.24, 2.45) is 0 Å². The predicted molar refractivity (Wildman–Crippen MR) is 167 cm³/mol. The van der Waals surface area contributed by atoms with Crippen LogP contribution in [0.25, 0.3) is 44.4 Å². The number of fused-ring (bicyclic) bond motifs is 1. The lowest BCUT2D eigenvalue weighted by atomic mass is 9.80. The molecule has 1 fully saturated rings. The van der Waals surface area contributed by atoms with Crippen molar-refractivity contribution in [3.8, 4) is 39.3 Å². The Hall–Kier alpha value is -4.15. The van der Waals surface area contributed by atoms with Gasteiger partial charge >= 0.3 is 5.97 Å². The summed E-state index contributed by atoms with van der Waals surface area (Å²) >= 11 is 6.16. The summed E-state index contributed by atoms with van der Waals surface area (Å²) in [7, 11) is 3.11. The molecule has 4 aromatic carbocycles. The Morgan fingerprint density at radius 3 is 2.27 bits per heavy atom. The van der Waals surface area contributed by atoms with Gasteiger partial charge in [-0.15, -0.1) is 0 Å². The van der Waals surface area contributed by atoms with Crippen LogP contribution in [0.3, 0.4) is 0 Å². The van der Waals surface area contributed by atoms with Crippen molar-refractivity contribution in [3.63, 3.8) is 0 Å². The number of halogens is 1. The minimum absolute atomic E-state index is 0.292. The number of esters is 1. The fourth-order valence-electron chi connectivity index (χ4n) is 6.01. The van der Waals surface area contributed by atoms with Crippen LogP contribution in [0, 0.1) is 0 Å². The van der Waals surface area contributed by atoms with Crippen LogP contribution < -0.4 is 4.74 Å². The van der Waals surface area contributed by atoms with E-state index in [9.17, 15) is 4.79 Å². The van der Waals surface area contributed by atoms with Crippen LogP contribution in [0.2, 0.25) is 5.02 Å². The number of rotatable bonds is 6. The van der Waals surface area contributed by atoms with E-state index in [4.69, 9.17) is 26.1 Å². The van der Waals surface area contributed by atoms with Crippen LogP contribution in [0.5, 0.6) is 5.75 Å². The van der Waals surface area contributed by atoms with Crippen molar-refractivity contribution >= 4 is 28.5 Å². The first-order chi connectivity index (χ1) is 20.0. The molecule has 6 rings (SSSR count). The summed E-state index contributed by atoms with van der Waals surface area (Å²) in [6, 6.07) is 30.6. The van der Waals surface area contributed by atoms with Gasteiger partial charge in [0.2, 0.25) is 0 Å². The highest BCUT2D eigenvalue weighted by atomic mass is 35.5. The van der Waals surface area contributed by atoms with Crippen LogP contribution in [0.4, 0.5) is 0 Å². The van der Waals surface area contributed by atoms with E-state index in [1.165, 1.54) is 37.5 Å². The topological polar surface area (TPSA) is 48.4 Å². The van der Waals surface area contributed by atoms with Gasteiger partial charge in [-0.3, -0.25) is 0 Å². The fraction of sp³-hybridized carbons (Fsp3) is 0.222. The van der Waals surface area contributed by atoms with E-state index in [-0.39, 0.29) is 5.97 Å². The molecule has 1 saturated carbocycles. The minimum Gasteiger partial charge on any atom is -0.497 e. The van der Waals surface area contributed by atoms with E-state index in [0.717, 1.165) is 57.4 Å². The number of nitrogens with zero attached hydrogens (tertiary/aromatic N) is 1. The van der Waals surface area contributed by atoms with Gasteiger partial charge in [0.1, 0.15) is 5.75 Å². The largest absolute Gasteiger partial charge is 0.497 e. The summed E-state index contributed by atoms with van der Waals surface area (Å²) in [5.74, 6) is 0.930. The summed E-state index contributed by atoms with van der Waals surface area (Å²) < 4.78 is 10.6. The molecule has 4 nitrogen and oxygen atoms in total. The molecule has 0 saturated heterocycles. The molecule has 0 atom stereocenters. The van der Waals surface area contributed by atoms with Crippen LogP contribution in [0.1, 0.15) is 53.9 Å². The number of carbonyl (C=O) groups excluding carboxylic acids is 1. The molecule has 5 aromatic rings. The maximum absolute atomic E-state index is 12.3. The first-order valence-corrected chi connectivity index (χ1v) is 14.5. The average Bonchev–Trinajstić information content (AvgIpc) is 3.04. The van der Waals surface area contributed by atoms with E-state index in [2.05, 4.69) is 42.5 Å². The van der Waals surface area contributed by atoms with Crippen molar-refractivity contribution in [3.05, 3.63) is 107 Å². The first kappa shape index (κ1) is 27.0. The number of carbonyl (C=O) groups is 1. The molecule has 5 heteroatoms. The molecule has 206 valence electrons. The number of hydrogen-bond acceptors (Lipinski definition) is 4. The maximum atomic E-state index is 12.3. The first-order valence-electron chi connectivity index (χ1n) is 14.1. The van der Waals surface area contributed by atoms with Gasteiger partial charge < -0.3 is 9.47 Å². The zero-order chi connectivity index (χ0) is 28.3. The number of aromatic nitrogens is 1. The Morgan fingerprint density at radius 1 is 0.756 bits per heavy atom. The zero-order valence-electron chi connectivity index (χ0n) is 23.3. The van der Waals surface area contributed by atoms with Crippen LogP contribution in [-0.4, -0.2) is 25.2 Å². The molecular formula is C36H32ClNO3. The third kappa shape index (κ3) is 5.57. The second-order valence-corrected chi connectivity index (χ2v) is 11.1.